The standard InChI is InChI=1S/C14H17BrN4O/c1-9-14(15)13(19(3)18-9)8-16-11-4-6-12(7-5-11)17-10(2)20/h4-7,16H,8H2,1-3H3,(H,17,20). The summed E-state index contributed by atoms with van der Waals surface area (Å²) in [5.74, 6) is -0.0694. The second-order valence-corrected chi connectivity index (χ2v) is 5.37. The molecule has 0 atom stereocenters. The SMILES string of the molecule is CC(=O)Nc1ccc(NCc2c(Br)c(C)nn2C)cc1. The predicted octanol–water partition coefficient (Wildman–Crippen LogP) is 3.06. The lowest BCUT2D eigenvalue weighted by molar-refractivity contribution is -0.114. The molecule has 0 saturated carbocycles. The molecular weight excluding hydrogens is 320 g/mol. The molecular formula is C14H17BrN4O. The van der Waals surface area contributed by atoms with E-state index in [1.54, 1.807) is 0 Å². The van der Waals surface area contributed by atoms with Crippen LogP contribution >= 0.6 is 15.9 Å². The Hall–Kier alpha value is -1.82. The van der Waals surface area contributed by atoms with Crippen molar-refractivity contribution in [1.29, 1.82) is 0 Å². The highest BCUT2D eigenvalue weighted by molar-refractivity contribution is 9.10. The molecule has 0 spiro atoms. The summed E-state index contributed by atoms with van der Waals surface area (Å²) in [6.07, 6.45) is 0. The summed E-state index contributed by atoms with van der Waals surface area (Å²) < 4.78 is 2.89. The van der Waals surface area contributed by atoms with Crippen LogP contribution in [0.5, 0.6) is 0 Å². The van der Waals surface area contributed by atoms with Gasteiger partial charge in [0, 0.05) is 25.3 Å². The van der Waals surface area contributed by atoms with E-state index in [4.69, 9.17) is 0 Å². The molecule has 6 heteroatoms. The van der Waals surface area contributed by atoms with Crippen LogP contribution in [0.2, 0.25) is 0 Å². The van der Waals surface area contributed by atoms with E-state index in [2.05, 4.69) is 31.7 Å². The van der Waals surface area contributed by atoms with Crippen LogP contribution in [0.3, 0.4) is 0 Å². The van der Waals surface area contributed by atoms with Gasteiger partial charge in [0.25, 0.3) is 0 Å². The average Bonchev–Trinajstić information content (AvgIpc) is 2.62. The largest absolute Gasteiger partial charge is 0.379 e. The number of rotatable bonds is 4. The number of anilines is 2. The molecule has 106 valence electrons. The van der Waals surface area contributed by atoms with Gasteiger partial charge in [-0.3, -0.25) is 9.48 Å². The van der Waals surface area contributed by atoms with Gasteiger partial charge in [-0.1, -0.05) is 0 Å². The van der Waals surface area contributed by atoms with Crippen LogP contribution in [-0.4, -0.2) is 15.7 Å². The Morgan fingerprint density at radius 1 is 1.30 bits per heavy atom. The van der Waals surface area contributed by atoms with Crippen LogP contribution in [0.1, 0.15) is 18.3 Å². The molecule has 5 nitrogen and oxygen atoms in total. The van der Waals surface area contributed by atoms with E-state index < -0.39 is 0 Å². The molecule has 20 heavy (non-hydrogen) atoms. The maximum atomic E-state index is 10.9. The number of nitrogens with zero attached hydrogens (tertiary/aromatic N) is 2. The third-order valence-corrected chi connectivity index (χ3v) is 3.96. The highest BCUT2D eigenvalue weighted by atomic mass is 79.9. The number of aromatic nitrogens is 2. The molecule has 0 bridgehead atoms. The molecule has 1 heterocycles. The van der Waals surface area contributed by atoms with E-state index in [1.165, 1.54) is 6.92 Å². The molecule has 1 amide bonds. The van der Waals surface area contributed by atoms with Gasteiger partial charge >= 0.3 is 0 Å². The van der Waals surface area contributed by atoms with Crippen LogP contribution in [0.15, 0.2) is 28.7 Å². The summed E-state index contributed by atoms with van der Waals surface area (Å²) >= 11 is 3.54. The fourth-order valence-corrected chi connectivity index (χ4v) is 2.41. The van der Waals surface area contributed by atoms with E-state index in [-0.39, 0.29) is 5.91 Å². The molecule has 0 saturated heterocycles. The quantitative estimate of drug-likeness (QED) is 0.902. The van der Waals surface area contributed by atoms with Crippen LogP contribution in [0.4, 0.5) is 11.4 Å². The van der Waals surface area contributed by atoms with Gasteiger partial charge in [0.15, 0.2) is 0 Å². The summed E-state index contributed by atoms with van der Waals surface area (Å²) in [5.41, 5.74) is 3.85. The maximum absolute atomic E-state index is 10.9. The third-order valence-electron chi connectivity index (χ3n) is 2.93. The fraction of sp³-hybridized carbons (Fsp3) is 0.286. The summed E-state index contributed by atoms with van der Waals surface area (Å²) in [7, 11) is 1.93. The van der Waals surface area contributed by atoms with Crippen LogP contribution < -0.4 is 10.6 Å². The average molecular weight is 337 g/mol. The second kappa shape index (κ2) is 6.09. The fourth-order valence-electron chi connectivity index (χ4n) is 1.93. The zero-order valence-corrected chi connectivity index (χ0v) is 13.3. The number of amides is 1. The Bertz CT molecular complexity index is 619. The van der Waals surface area contributed by atoms with Gasteiger partial charge in [-0.15, -0.1) is 0 Å². The Balaban J connectivity index is 2.02. The predicted molar refractivity (Wildman–Crippen MR) is 83.7 cm³/mol. The minimum Gasteiger partial charge on any atom is -0.379 e. The van der Waals surface area contributed by atoms with Gasteiger partial charge in [-0.2, -0.15) is 5.10 Å². The van der Waals surface area contributed by atoms with Crippen LogP contribution in [0, 0.1) is 6.92 Å². The molecule has 2 N–H and O–H groups in total. The molecule has 0 unspecified atom stereocenters. The topological polar surface area (TPSA) is 59.0 Å². The van der Waals surface area contributed by atoms with Crippen LogP contribution in [-0.2, 0) is 18.4 Å². The van der Waals surface area contributed by atoms with Gasteiger partial charge in [-0.05, 0) is 47.1 Å². The Kier molecular flexibility index (Phi) is 4.44. The van der Waals surface area contributed by atoms with Crippen molar-refractivity contribution in [2.75, 3.05) is 10.6 Å². The van der Waals surface area contributed by atoms with Gasteiger partial charge in [0.2, 0.25) is 5.91 Å². The lowest BCUT2D eigenvalue weighted by Crippen LogP contribution is -2.07. The van der Waals surface area contributed by atoms with Crippen molar-refractivity contribution < 1.29 is 4.79 Å². The zero-order chi connectivity index (χ0) is 14.7. The molecule has 0 aliphatic carbocycles. The lowest BCUT2D eigenvalue weighted by atomic mass is 10.2. The summed E-state index contributed by atoms with van der Waals surface area (Å²) in [6.45, 7) is 4.14. The number of halogens is 1. The number of aryl methyl sites for hydroxylation is 2. The summed E-state index contributed by atoms with van der Waals surface area (Å²) in [6, 6.07) is 7.60. The summed E-state index contributed by atoms with van der Waals surface area (Å²) in [4.78, 5) is 10.9. The maximum Gasteiger partial charge on any atom is 0.221 e. The van der Waals surface area contributed by atoms with E-state index in [9.17, 15) is 4.79 Å². The van der Waals surface area contributed by atoms with Gasteiger partial charge in [0.05, 0.1) is 22.4 Å². The Morgan fingerprint density at radius 3 is 2.40 bits per heavy atom. The van der Waals surface area contributed by atoms with Crippen molar-refractivity contribution in [2.24, 2.45) is 7.05 Å². The molecule has 0 aliphatic heterocycles. The number of carbonyl (C=O) groups is 1. The normalized spacial score (nSPS) is 10.4. The number of benzene rings is 1. The Morgan fingerprint density at radius 2 is 1.90 bits per heavy atom. The summed E-state index contributed by atoms with van der Waals surface area (Å²) in [5, 5.41) is 10.4. The highest BCUT2D eigenvalue weighted by Crippen LogP contribution is 2.21. The minimum atomic E-state index is -0.0694. The van der Waals surface area contributed by atoms with E-state index >= 15 is 0 Å². The van der Waals surface area contributed by atoms with E-state index in [0.29, 0.717) is 6.54 Å². The van der Waals surface area contributed by atoms with Crippen molar-refractivity contribution in [3.05, 3.63) is 40.1 Å². The van der Waals surface area contributed by atoms with Crippen molar-refractivity contribution in [3.63, 3.8) is 0 Å². The van der Waals surface area contributed by atoms with Crippen molar-refractivity contribution in [2.45, 2.75) is 20.4 Å². The first-order valence-corrected chi connectivity index (χ1v) is 7.06. The number of nitrogens with one attached hydrogen (secondary N) is 2. The molecule has 0 radical (unpaired) electrons. The monoisotopic (exact) mass is 336 g/mol. The van der Waals surface area contributed by atoms with Crippen molar-refractivity contribution in [3.8, 4) is 0 Å². The second-order valence-electron chi connectivity index (χ2n) is 4.58. The van der Waals surface area contributed by atoms with Gasteiger partial charge < -0.3 is 10.6 Å². The van der Waals surface area contributed by atoms with Crippen molar-refractivity contribution >= 4 is 33.2 Å². The zero-order valence-electron chi connectivity index (χ0n) is 11.7. The minimum absolute atomic E-state index is 0.0694. The first kappa shape index (κ1) is 14.6. The Labute approximate surface area is 126 Å². The highest BCUT2D eigenvalue weighted by Gasteiger charge is 2.09. The van der Waals surface area contributed by atoms with Gasteiger partial charge in [-0.25, -0.2) is 0 Å². The van der Waals surface area contributed by atoms with Gasteiger partial charge in [0.1, 0.15) is 0 Å². The molecule has 0 fully saturated rings. The first-order chi connectivity index (χ1) is 9.47. The molecule has 0 aliphatic rings. The van der Waals surface area contributed by atoms with Crippen LogP contribution in [0.25, 0.3) is 0 Å². The molecule has 1 aromatic heterocycles. The van der Waals surface area contributed by atoms with Crippen molar-refractivity contribution in [1.82, 2.24) is 9.78 Å². The number of carbonyl (C=O) groups excluding carboxylic acids is 1. The molecule has 2 rings (SSSR count). The van der Waals surface area contributed by atoms with E-state index in [1.807, 2.05) is 42.9 Å². The number of hydrogen-bond donors (Lipinski definition) is 2. The molecule has 2 aromatic rings. The lowest BCUT2D eigenvalue weighted by Gasteiger charge is -2.08. The smallest absolute Gasteiger partial charge is 0.221 e. The molecule has 1 aromatic carbocycles. The number of hydrogen-bond acceptors (Lipinski definition) is 3. The first-order valence-electron chi connectivity index (χ1n) is 6.27. The van der Waals surface area contributed by atoms with E-state index in [0.717, 1.165) is 27.2 Å². The third kappa shape index (κ3) is 3.39.